The van der Waals surface area contributed by atoms with Gasteiger partial charge in [0, 0.05) is 11.1 Å². The minimum Gasteiger partial charge on any atom is -0.495 e. The molecular formula is C12H14N2O3S2. The van der Waals surface area contributed by atoms with Crippen LogP contribution in [0.2, 0.25) is 0 Å². The number of rotatable bonds is 4. The summed E-state index contributed by atoms with van der Waals surface area (Å²) < 4.78 is 32.1. The van der Waals surface area contributed by atoms with Crippen molar-refractivity contribution in [2.45, 2.75) is 11.1 Å². The predicted octanol–water partition coefficient (Wildman–Crippen LogP) is 2.45. The molecule has 19 heavy (non-hydrogen) atoms. The van der Waals surface area contributed by atoms with Crippen LogP contribution in [0.4, 0.5) is 11.4 Å². The second-order valence-corrected chi connectivity index (χ2v) is 6.83. The largest absolute Gasteiger partial charge is 0.495 e. The molecule has 0 spiro atoms. The van der Waals surface area contributed by atoms with Crippen molar-refractivity contribution in [2.75, 3.05) is 17.6 Å². The summed E-state index contributed by atoms with van der Waals surface area (Å²) in [6.07, 6.45) is 0. The number of hydrogen-bond donors (Lipinski definition) is 2. The van der Waals surface area contributed by atoms with Gasteiger partial charge in [-0.25, -0.2) is 8.42 Å². The van der Waals surface area contributed by atoms with Crippen LogP contribution in [0, 0.1) is 6.92 Å². The van der Waals surface area contributed by atoms with Crippen LogP contribution in [-0.2, 0) is 10.0 Å². The molecule has 102 valence electrons. The molecule has 0 aliphatic rings. The van der Waals surface area contributed by atoms with Crippen LogP contribution in [0.3, 0.4) is 0 Å². The molecule has 1 heterocycles. The minimum absolute atomic E-state index is 0.174. The Hall–Kier alpha value is -1.73. The van der Waals surface area contributed by atoms with Gasteiger partial charge in [-0.2, -0.15) is 0 Å². The van der Waals surface area contributed by atoms with Crippen LogP contribution in [0.1, 0.15) is 5.56 Å². The number of nitrogen functional groups attached to an aromatic ring is 1. The number of ether oxygens (including phenoxy) is 1. The Bertz CT molecular complexity index is 693. The molecule has 3 N–H and O–H groups in total. The summed E-state index contributed by atoms with van der Waals surface area (Å²) in [5.41, 5.74) is 7.36. The highest BCUT2D eigenvalue weighted by Crippen LogP contribution is 2.29. The van der Waals surface area contributed by atoms with Crippen molar-refractivity contribution in [1.82, 2.24) is 0 Å². The lowest BCUT2D eigenvalue weighted by Crippen LogP contribution is -2.12. The number of nitrogens with two attached hydrogens (primary N) is 1. The number of benzene rings is 1. The van der Waals surface area contributed by atoms with E-state index in [4.69, 9.17) is 10.5 Å². The van der Waals surface area contributed by atoms with Crippen molar-refractivity contribution >= 4 is 32.7 Å². The average Bonchev–Trinajstić information content (AvgIpc) is 2.79. The summed E-state index contributed by atoms with van der Waals surface area (Å²) >= 11 is 1.08. The monoisotopic (exact) mass is 298 g/mol. The molecule has 0 saturated heterocycles. The van der Waals surface area contributed by atoms with Crippen LogP contribution >= 0.6 is 11.3 Å². The van der Waals surface area contributed by atoms with Gasteiger partial charge >= 0.3 is 0 Å². The fraction of sp³-hybridized carbons (Fsp3) is 0.167. The van der Waals surface area contributed by atoms with Gasteiger partial charge in [0.25, 0.3) is 10.0 Å². The van der Waals surface area contributed by atoms with Crippen LogP contribution < -0.4 is 15.2 Å². The first-order chi connectivity index (χ1) is 8.92. The summed E-state index contributed by atoms with van der Waals surface area (Å²) in [7, 11) is -2.13. The smallest absolute Gasteiger partial charge is 0.271 e. The van der Waals surface area contributed by atoms with Gasteiger partial charge in [0.05, 0.1) is 12.8 Å². The van der Waals surface area contributed by atoms with Crippen molar-refractivity contribution in [1.29, 1.82) is 0 Å². The zero-order chi connectivity index (χ0) is 14.0. The van der Waals surface area contributed by atoms with E-state index in [9.17, 15) is 8.42 Å². The van der Waals surface area contributed by atoms with Crippen molar-refractivity contribution < 1.29 is 13.2 Å². The van der Waals surface area contributed by atoms with Gasteiger partial charge in [-0.15, -0.1) is 11.3 Å². The molecule has 5 nitrogen and oxygen atoms in total. The lowest BCUT2D eigenvalue weighted by molar-refractivity contribution is 0.416. The van der Waals surface area contributed by atoms with Gasteiger partial charge in [0.2, 0.25) is 0 Å². The number of hydrogen-bond acceptors (Lipinski definition) is 5. The molecule has 0 saturated carbocycles. The predicted molar refractivity (Wildman–Crippen MR) is 77.3 cm³/mol. The molecule has 2 rings (SSSR count). The number of nitrogens with one attached hydrogen (secondary N) is 1. The van der Waals surface area contributed by atoms with Crippen molar-refractivity contribution in [2.24, 2.45) is 0 Å². The van der Waals surface area contributed by atoms with Crippen LogP contribution in [0.25, 0.3) is 0 Å². The number of sulfonamides is 1. The van der Waals surface area contributed by atoms with E-state index in [1.807, 2.05) is 13.0 Å². The van der Waals surface area contributed by atoms with E-state index in [2.05, 4.69) is 4.72 Å². The van der Waals surface area contributed by atoms with Crippen molar-refractivity contribution in [3.63, 3.8) is 0 Å². The Labute approximate surface area is 116 Å². The summed E-state index contributed by atoms with van der Waals surface area (Å²) in [6.45, 7) is 1.90. The highest BCUT2D eigenvalue weighted by Gasteiger charge is 2.18. The Morgan fingerprint density at radius 2 is 2.05 bits per heavy atom. The van der Waals surface area contributed by atoms with E-state index in [1.54, 1.807) is 17.5 Å². The Morgan fingerprint density at radius 3 is 2.63 bits per heavy atom. The van der Waals surface area contributed by atoms with E-state index in [-0.39, 0.29) is 4.21 Å². The lowest BCUT2D eigenvalue weighted by Gasteiger charge is -2.11. The highest BCUT2D eigenvalue weighted by molar-refractivity contribution is 7.94. The molecule has 0 aliphatic heterocycles. The molecule has 0 amide bonds. The molecule has 0 radical (unpaired) electrons. The van der Waals surface area contributed by atoms with E-state index in [0.29, 0.717) is 17.1 Å². The van der Waals surface area contributed by atoms with Crippen LogP contribution in [0.15, 0.2) is 33.9 Å². The number of anilines is 2. The molecule has 0 aliphatic carbocycles. The van der Waals surface area contributed by atoms with E-state index < -0.39 is 10.0 Å². The Balaban J connectivity index is 2.35. The highest BCUT2D eigenvalue weighted by atomic mass is 32.2. The Kier molecular flexibility index (Phi) is 3.68. The number of methoxy groups -OCH3 is 1. The second kappa shape index (κ2) is 5.10. The molecule has 2 aromatic rings. The first-order valence-corrected chi connectivity index (χ1v) is 7.80. The molecule has 0 fully saturated rings. The molecule has 1 aromatic heterocycles. The molecule has 1 aromatic carbocycles. The second-order valence-electron chi connectivity index (χ2n) is 4.01. The first kappa shape index (κ1) is 13.7. The SMILES string of the molecule is COc1cc(C)ccc1NS(=O)(=O)c1cc(N)cs1. The van der Waals surface area contributed by atoms with Gasteiger partial charge in [-0.1, -0.05) is 6.07 Å². The van der Waals surface area contributed by atoms with E-state index in [0.717, 1.165) is 16.9 Å². The first-order valence-electron chi connectivity index (χ1n) is 5.44. The average molecular weight is 298 g/mol. The molecule has 0 atom stereocenters. The maximum absolute atomic E-state index is 12.2. The zero-order valence-electron chi connectivity index (χ0n) is 10.5. The van der Waals surface area contributed by atoms with E-state index in [1.165, 1.54) is 13.2 Å². The van der Waals surface area contributed by atoms with Gasteiger partial charge < -0.3 is 10.5 Å². The third kappa shape index (κ3) is 2.99. The summed E-state index contributed by atoms with van der Waals surface area (Å²) in [5.74, 6) is 0.480. The zero-order valence-corrected chi connectivity index (χ0v) is 12.1. The number of thiophene rings is 1. The fourth-order valence-corrected chi connectivity index (χ4v) is 3.70. The standard InChI is InChI=1S/C12H14N2O3S2/c1-8-3-4-10(11(5-8)17-2)14-19(15,16)12-6-9(13)7-18-12/h3-7,14H,13H2,1-2H3. The third-order valence-corrected chi connectivity index (χ3v) is 5.29. The van der Waals surface area contributed by atoms with Crippen LogP contribution in [0.5, 0.6) is 5.75 Å². The van der Waals surface area contributed by atoms with Crippen molar-refractivity contribution in [3.8, 4) is 5.75 Å². The fourth-order valence-electron chi connectivity index (χ4n) is 1.55. The van der Waals surface area contributed by atoms with E-state index >= 15 is 0 Å². The maximum atomic E-state index is 12.2. The van der Waals surface area contributed by atoms with Crippen molar-refractivity contribution in [3.05, 3.63) is 35.2 Å². The number of aryl methyl sites for hydroxylation is 1. The molecule has 0 bridgehead atoms. The quantitative estimate of drug-likeness (QED) is 0.908. The molecule has 7 heteroatoms. The Morgan fingerprint density at radius 1 is 1.32 bits per heavy atom. The van der Waals surface area contributed by atoms with Gasteiger partial charge in [-0.3, -0.25) is 4.72 Å². The van der Waals surface area contributed by atoms with Gasteiger partial charge in [0.15, 0.2) is 0 Å². The lowest BCUT2D eigenvalue weighted by atomic mass is 10.2. The van der Waals surface area contributed by atoms with Gasteiger partial charge in [0.1, 0.15) is 9.96 Å². The summed E-state index contributed by atoms with van der Waals surface area (Å²) in [5, 5.41) is 1.58. The topological polar surface area (TPSA) is 81.4 Å². The van der Waals surface area contributed by atoms with Gasteiger partial charge in [-0.05, 0) is 30.7 Å². The van der Waals surface area contributed by atoms with Crippen LogP contribution in [-0.4, -0.2) is 15.5 Å². The summed E-state index contributed by atoms with van der Waals surface area (Å²) in [4.78, 5) is 0. The normalized spacial score (nSPS) is 11.3. The summed E-state index contributed by atoms with van der Waals surface area (Å²) in [6, 6.07) is 6.67. The molecular weight excluding hydrogens is 284 g/mol. The minimum atomic E-state index is -3.63. The third-order valence-electron chi connectivity index (χ3n) is 2.46. The molecule has 0 unspecified atom stereocenters. The maximum Gasteiger partial charge on any atom is 0.271 e.